The highest BCUT2D eigenvalue weighted by molar-refractivity contribution is 8.18. The van der Waals surface area contributed by atoms with Crippen molar-refractivity contribution in [3.05, 3.63) is 69.6 Å². The minimum atomic E-state index is -0.235. The molecular formula is C21H19ClN2O3S. The fourth-order valence-electron chi connectivity index (χ4n) is 2.68. The molecular weight excluding hydrogens is 396 g/mol. The van der Waals surface area contributed by atoms with Crippen molar-refractivity contribution < 1.29 is 14.6 Å². The van der Waals surface area contributed by atoms with Crippen LogP contribution in [0.25, 0.3) is 6.08 Å². The van der Waals surface area contributed by atoms with Crippen LogP contribution in [0.3, 0.4) is 0 Å². The van der Waals surface area contributed by atoms with Gasteiger partial charge in [0.25, 0.3) is 5.91 Å². The molecule has 0 spiro atoms. The zero-order chi connectivity index (χ0) is 20.3. The second-order valence-electron chi connectivity index (χ2n) is 6.14. The van der Waals surface area contributed by atoms with E-state index in [0.29, 0.717) is 38.5 Å². The maximum absolute atomic E-state index is 12.4. The van der Waals surface area contributed by atoms with Gasteiger partial charge in [0, 0.05) is 10.6 Å². The quantitative estimate of drug-likeness (QED) is 0.534. The molecule has 7 heteroatoms. The first-order valence-corrected chi connectivity index (χ1v) is 9.67. The average Bonchev–Trinajstić information content (AvgIpc) is 3.00. The maximum atomic E-state index is 12.4. The molecule has 1 saturated heterocycles. The SMILES string of the molecule is C=CCc1cc(/C=C2\SC(=Nc3cc(Cl)ccc3C)NC2=O)cc(OC)c1O. The summed E-state index contributed by atoms with van der Waals surface area (Å²) in [5.74, 6) is 0.186. The molecule has 1 fully saturated rings. The van der Waals surface area contributed by atoms with Crippen LogP contribution in [-0.2, 0) is 11.2 Å². The van der Waals surface area contributed by atoms with Crippen molar-refractivity contribution in [3.63, 3.8) is 0 Å². The van der Waals surface area contributed by atoms with Crippen LogP contribution in [0.15, 0.2) is 52.9 Å². The number of amides is 1. The number of benzene rings is 2. The van der Waals surface area contributed by atoms with Gasteiger partial charge in [0.2, 0.25) is 0 Å². The first-order chi connectivity index (χ1) is 13.4. The van der Waals surface area contributed by atoms with Crippen molar-refractivity contribution in [2.75, 3.05) is 7.11 Å². The molecule has 0 bridgehead atoms. The van der Waals surface area contributed by atoms with Crippen molar-refractivity contribution in [1.82, 2.24) is 5.32 Å². The lowest BCUT2D eigenvalue weighted by Gasteiger charge is -2.09. The molecule has 0 unspecified atom stereocenters. The number of methoxy groups -OCH3 is 1. The number of ether oxygens (including phenoxy) is 1. The smallest absolute Gasteiger partial charge is 0.264 e. The topological polar surface area (TPSA) is 70.9 Å². The molecule has 0 saturated carbocycles. The summed E-state index contributed by atoms with van der Waals surface area (Å²) in [6.45, 7) is 5.63. The Kier molecular flexibility index (Phi) is 6.11. The molecule has 2 aromatic carbocycles. The third-order valence-electron chi connectivity index (χ3n) is 4.10. The summed E-state index contributed by atoms with van der Waals surface area (Å²) in [5, 5.41) is 14.0. The number of rotatable bonds is 5. The lowest BCUT2D eigenvalue weighted by Crippen LogP contribution is -2.19. The molecule has 0 radical (unpaired) electrons. The first kappa shape index (κ1) is 20.0. The number of halogens is 1. The molecule has 28 heavy (non-hydrogen) atoms. The first-order valence-electron chi connectivity index (χ1n) is 8.47. The van der Waals surface area contributed by atoms with E-state index in [4.69, 9.17) is 16.3 Å². The number of phenols is 1. The van der Waals surface area contributed by atoms with Crippen molar-refractivity contribution in [2.24, 2.45) is 4.99 Å². The molecule has 1 amide bonds. The zero-order valence-electron chi connectivity index (χ0n) is 15.5. The van der Waals surface area contributed by atoms with E-state index in [1.807, 2.05) is 13.0 Å². The Balaban J connectivity index is 1.92. The van der Waals surface area contributed by atoms with Crippen LogP contribution in [0, 0.1) is 6.92 Å². The van der Waals surface area contributed by atoms with Gasteiger partial charge < -0.3 is 15.2 Å². The van der Waals surface area contributed by atoms with Crippen LogP contribution in [0.2, 0.25) is 5.02 Å². The van der Waals surface area contributed by atoms with Gasteiger partial charge in [-0.05, 0) is 66.6 Å². The molecule has 0 atom stereocenters. The second kappa shape index (κ2) is 8.54. The number of aliphatic imine (C=N–C) groups is 1. The number of carbonyl (C=O) groups is 1. The monoisotopic (exact) mass is 414 g/mol. The summed E-state index contributed by atoms with van der Waals surface area (Å²) in [6, 6.07) is 8.91. The summed E-state index contributed by atoms with van der Waals surface area (Å²) in [7, 11) is 1.48. The maximum Gasteiger partial charge on any atom is 0.264 e. The van der Waals surface area contributed by atoms with Crippen LogP contribution >= 0.6 is 23.4 Å². The van der Waals surface area contributed by atoms with Gasteiger partial charge in [-0.2, -0.15) is 0 Å². The van der Waals surface area contributed by atoms with Gasteiger partial charge in [0.05, 0.1) is 17.7 Å². The minimum absolute atomic E-state index is 0.0757. The van der Waals surface area contributed by atoms with E-state index in [2.05, 4.69) is 16.9 Å². The lowest BCUT2D eigenvalue weighted by molar-refractivity contribution is -0.115. The zero-order valence-corrected chi connectivity index (χ0v) is 17.0. The Labute approximate surface area is 172 Å². The third-order valence-corrected chi connectivity index (χ3v) is 5.25. The average molecular weight is 415 g/mol. The molecule has 0 aromatic heterocycles. The number of hydrogen-bond donors (Lipinski definition) is 2. The summed E-state index contributed by atoms with van der Waals surface area (Å²) < 4.78 is 5.23. The predicted octanol–water partition coefficient (Wildman–Crippen LogP) is 4.98. The number of amidine groups is 1. The van der Waals surface area contributed by atoms with Crippen LogP contribution in [-0.4, -0.2) is 23.3 Å². The van der Waals surface area contributed by atoms with E-state index in [1.54, 1.807) is 36.4 Å². The molecule has 1 aliphatic heterocycles. The number of allylic oxidation sites excluding steroid dienone is 1. The summed E-state index contributed by atoms with van der Waals surface area (Å²) in [6.07, 6.45) is 3.92. The highest BCUT2D eigenvalue weighted by atomic mass is 35.5. The fraction of sp³-hybridized carbons (Fsp3) is 0.143. The van der Waals surface area contributed by atoms with Crippen molar-refractivity contribution in [3.8, 4) is 11.5 Å². The Morgan fingerprint density at radius 2 is 2.14 bits per heavy atom. The highest BCUT2D eigenvalue weighted by Gasteiger charge is 2.24. The Morgan fingerprint density at radius 3 is 2.86 bits per heavy atom. The molecule has 2 aromatic rings. The Bertz CT molecular complexity index is 1010. The predicted molar refractivity (Wildman–Crippen MR) is 116 cm³/mol. The standard InChI is InChI=1S/C21H19ClN2O3S/c1-4-5-14-8-13(9-17(27-3)19(14)25)10-18-20(26)24-21(28-18)23-16-11-15(22)7-6-12(16)2/h4,6-11,25H,1,5H2,2-3H3,(H,23,24,26)/b18-10-. The third kappa shape index (κ3) is 4.40. The van der Waals surface area contributed by atoms with E-state index in [0.717, 1.165) is 11.1 Å². The summed E-state index contributed by atoms with van der Waals surface area (Å²) in [4.78, 5) is 17.4. The molecule has 1 aliphatic rings. The number of aryl methyl sites for hydroxylation is 1. The number of nitrogens with zero attached hydrogens (tertiary/aromatic N) is 1. The molecule has 3 rings (SSSR count). The normalized spacial score (nSPS) is 16.5. The number of phenolic OH excluding ortho intramolecular Hbond substituents is 1. The van der Waals surface area contributed by atoms with E-state index >= 15 is 0 Å². The molecule has 2 N–H and O–H groups in total. The largest absolute Gasteiger partial charge is 0.504 e. The van der Waals surface area contributed by atoms with Crippen LogP contribution in [0.1, 0.15) is 16.7 Å². The number of hydrogen-bond acceptors (Lipinski definition) is 5. The molecule has 144 valence electrons. The van der Waals surface area contributed by atoms with Crippen LogP contribution in [0.4, 0.5) is 5.69 Å². The molecule has 0 aliphatic carbocycles. The Morgan fingerprint density at radius 1 is 1.36 bits per heavy atom. The molecule has 5 nitrogen and oxygen atoms in total. The number of aromatic hydroxyl groups is 1. The van der Waals surface area contributed by atoms with E-state index in [1.165, 1.54) is 18.9 Å². The van der Waals surface area contributed by atoms with Crippen molar-refractivity contribution >= 4 is 46.2 Å². The number of carbonyl (C=O) groups excluding carboxylic acids is 1. The van der Waals surface area contributed by atoms with Gasteiger partial charge in [-0.25, -0.2) is 4.99 Å². The van der Waals surface area contributed by atoms with E-state index in [-0.39, 0.29) is 11.7 Å². The van der Waals surface area contributed by atoms with Crippen molar-refractivity contribution in [1.29, 1.82) is 0 Å². The summed E-state index contributed by atoms with van der Waals surface area (Å²) >= 11 is 7.28. The van der Waals surface area contributed by atoms with Gasteiger partial charge >= 0.3 is 0 Å². The number of nitrogens with one attached hydrogen (secondary N) is 1. The van der Waals surface area contributed by atoms with Gasteiger partial charge in [-0.1, -0.05) is 23.7 Å². The van der Waals surface area contributed by atoms with Gasteiger partial charge in [-0.3, -0.25) is 4.79 Å². The molecule has 1 heterocycles. The minimum Gasteiger partial charge on any atom is -0.504 e. The number of thioether (sulfide) groups is 1. The van der Waals surface area contributed by atoms with Gasteiger partial charge in [0.1, 0.15) is 0 Å². The van der Waals surface area contributed by atoms with Gasteiger partial charge in [0.15, 0.2) is 16.7 Å². The highest BCUT2D eigenvalue weighted by Crippen LogP contribution is 2.35. The fourth-order valence-corrected chi connectivity index (χ4v) is 3.68. The van der Waals surface area contributed by atoms with Crippen LogP contribution < -0.4 is 10.1 Å². The van der Waals surface area contributed by atoms with Crippen molar-refractivity contribution in [2.45, 2.75) is 13.3 Å². The second-order valence-corrected chi connectivity index (χ2v) is 7.60. The van der Waals surface area contributed by atoms with E-state index < -0.39 is 0 Å². The van der Waals surface area contributed by atoms with Crippen LogP contribution in [0.5, 0.6) is 11.5 Å². The Hall–Kier alpha value is -2.70. The van der Waals surface area contributed by atoms with Gasteiger partial charge in [-0.15, -0.1) is 6.58 Å². The summed E-state index contributed by atoms with van der Waals surface area (Å²) in [5.41, 5.74) is 3.08. The van der Waals surface area contributed by atoms with E-state index in [9.17, 15) is 9.90 Å². The lowest BCUT2D eigenvalue weighted by atomic mass is 10.1.